The molecule has 3 aromatic rings. The normalized spacial score (nSPS) is 15.4. The number of hydrogen-bond acceptors (Lipinski definition) is 7. The predicted octanol–water partition coefficient (Wildman–Crippen LogP) is 3.43. The summed E-state index contributed by atoms with van der Waals surface area (Å²) in [4.78, 5) is 32.9. The number of aromatic nitrogens is 2. The summed E-state index contributed by atoms with van der Waals surface area (Å²) >= 11 is 0. The zero-order valence-electron chi connectivity index (χ0n) is 16.2. The molecule has 1 N–H and O–H groups in total. The van der Waals surface area contributed by atoms with E-state index in [2.05, 4.69) is 20.4 Å². The molecule has 1 amide bonds. The van der Waals surface area contributed by atoms with Gasteiger partial charge in [-0.15, -0.1) is 0 Å². The monoisotopic (exact) mass is 401 g/mol. The van der Waals surface area contributed by atoms with E-state index in [0.717, 1.165) is 5.69 Å². The summed E-state index contributed by atoms with van der Waals surface area (Å²) in [7, 11) is 0. The third-order valence-corrected chi connectivity index (χ3v) is 4.52. The lowest BCUT2D eigenvalue weighted by Gasteiger charge is -2.20. The Morgan fingerprint density at radius 2 is 1.93 bits per heavy atom. The number of hydrogen-bond donors (Lipinski definition) is 1. The van der Waals surface area contributed by atoms with E-state index >= 15 is 0 Å². The minimum absolute atomic E-state index is 0.0511. The van der Waals surface area contributed by atoms with Crippen LogP contribution in [0.4, 0.5) is 11.4 Å². The zero-order chi connectivity index (χ0) is 20.9. The molecule has 0 bridgehead atoms. The van der Waals surface area contributed by atoms with Gasteiger partial charge in [0, 0.05) is 30.6 Å². The van der Waals surface area contributed by atoms with E-state index in [1.54, 1.807) is 35.5 Å². The minimum atomic E-state index is -0.500. The Balaban J connectivity index is 1.50. The van der Waals surface area contributed by atoms with Crippen LogP contribution in [0.25, 0.3) is 0 Å². The van der Waals surface area contributed by atoms with Gasteiger partial charge >= 0.3 is 0 Å². The summed E-state index contributed by atoms with van der Waals surface area (Å²) in [5, 5.41) is 8.83. The van der Waals surface area contributed by atoms with Gasteiger partial charge in [0.2, 0.25) is 5.88 Å². The molecular weight excluding hydrogens is 382 g/mol. The molecule has 8 nitrogen and oxygen atoms in total. The van der Waals surface area contributed by atoms with E-state index < -0.39 is 6.04 Å². The molecule has 1 aliphatic heterocycles. The molecule has 4 rings (SSSR count). The van der Waals surface area contributed by atoms with Gasteiger partial charge in [-0.3, -0.25) is 19.6 Å². The van der Waals surface area contributed by atoms with Crippen molar-refractivity contribution in [2.24, 2.45) is 5.10 Å². The number of nitrogens with zero attached hydrogens (tertiary/aromatic N) is 4. The summed E-state index contributed by atoms with van der Waals surface area (Å²) in [5.41, 5.74) is 1.60. The van der Waals surface area contributed by atoms with E-state index in [0.29, 0.717) is 23.0 Å². The van der Waals surface area contributed by atoms with Gasteiger partial charge in [-0.25, -0.2) is 4.98 Å². The van der Waals surface area contributed by atoms with Crippen molar-refractivity contribution in [2.75, 3.05) is 10.3 Å². The predicted molar refractivity (Wildman–Crippen MR) is 113 cm³/mol. The number of para-hydroxylation sites is 1. The van der Waals surface area contributed by atoms with Crippen LogP contribution in [0.5, 0.6) is 11.6 Å². The van der Waals surface area contributed by atoms with Crippen LogP contribution in [0.1, 0.15) is 13.3 Å². The fourth-order valence-electron chi connectivity index (χ4n) is 3.08. The van der Waals surface area contributed by atoms with Crippen LogP contribution in [-0.4, -0.2) is 33.4 Å². The maximum atomic E-state index is 12.8. The summed E-state index contributed by atoms with van der Waals surface area (Å²) in [6.07, 6.45) is 4.83. The topological polar surface area (TPSA) is 96.8 Å². The lowest BCUT2D eigenvalue weighted by molar-refractivity contribution is -0.118. The van der Waals surface area contributed by atoms with Gasteiger partial charge in [-0.05, 0) is 31.2 Å². The fraction of sp³-hybridized carbons (Fsp3) is 0.136. The largest absolute Gasteiger partial charge is 0.437 e. The average Bonchev–Trinajstić information content (AvgIpc) is 3.22. The maximum absolute atomic E-state index is 12.8. The zero-order valence-corrected chi connectivity index (χ0v) is 16.2. The van der Waals surface area contributed by atoms with Crippen LogP contribution in [0.2, 0.25) is 0 Å². The highest BCUT2D eigenvalue weighted by molar-refractivity contribution is 6.44. The average molecular weight is 401 g/mol. The first-order valence-corrected chi connectivity index (χ1v) is 9.37. The Kier molecular flexibility index (Phi) is 5.47. The van der Waals surface area contributed by atoms with Crippen molar-refractivity contribution in [1.82, 2.24) is 9.97 Å². The number of nitrogens with one attached hydrogen (secondary N) is 1. The first-order chi connectivity index (χ1) is 14.6. The third kappa shape index (κ3) is 4.33. The van der Waals surface area contributed by atoms with Crippen molar-refractivity contribution >= 4 is 28.8 Å². The number of anilines is 2. The molecule has 1 aromatic heterocycles. The van der Waals surface area contributed by atoms with Gasteiger partial charge in [0.1, 0.15) is 17.5 Å². The van der Waals surface area contributed by atoms with Crippen LogP contribution < -0.4 is 15.1 Å². The van der Waals surface area contributed by atoms with Crippen LogP contribution in [0.3, 0.4) is 0 Å². The molecule has 30 heavy (non-hydrogen) atoms. The molecule has 8 heteroatoms. The smallest absolute Gasteiger partial charge is 0.271 e. The van der Waals surface area contributed by atoms with E-state index in [-0.39, 0.29) is 18.1 Å². The van der Waals surface area contributed by atoms with Crippen LogP contribution in [-0.2, 0) is 9.59 Å². The van der Waals surface area contributed by atoms with E-state index in [9.17, 15) is 9.59 Å². The summed E-state index contributed by atoms with van der Waals surface area (Å²) in [5.74, 6) is 0.444. The number of benzene rings is 2. The summed E-state index contributed by atoms with van der Waals surface area (Å²) < 4.78 is 5.64. The number of rotatable bonds is 6. The Labute approximate surface area is 173 Å². The highest BCUT2D eigenvalue weighted by atomic mass is 16.5. The maximum Gasteiger partial charge on any atom is 0.271 e. The first-order valence-electron chi connectivity index (χ1n) is 9.37. The lowest BCUT2D eigenvalue weighted by Crippen LogP contribution is -2.33. The SMILES string of the molecule is CC(=O)C1CC(C(=O)Nc2cccc(Oc3cnccn3)c2)=NN1c1ccccc1. The lowest BCUT2D eigenvalue weighted by atomic mass is 10.1. The molecule has 0 fully saturated rings. The van der Waals surface area contributed by atoms with Crippen molar-refractivity contribution in [3.05, 3.63) is 73.2 Å². The van der Waals surface area contributed by atoms with Gasteiger partial charge in [-0.2, -0.15) is 5.10 Å². The molecule has 0 radical (unpaired) electrons. The molecule has 0 saturated carbocycles. The van der Waals surface area contributed by atoms with Crippen molar-refractivity contribution in [1.29, 1.82) is 0 Å². The summed E-state index contributed by atoms with van der Waals surface area (Å²) in [6, 6.07) is 15.8. The van der Waals surface area contributed by atoms with Gasteiger partial charge in [0.05, 0.1) is 11.9 Å². The van der Waals surface area contributed by atoms with Crippen LogP contribution in [0, 0.1) is 0 Å². The molecular formula is C22H19N5O3. The Hall–Kier alpha value is -4.07. The number of hydrazone groups is 1. The summed E-state index contributed by atoms with van der Waals surface area (Å²) in [6.45, 7) is 1.50. The number of ether oxygens (including phenoxy) is 1. The number of carbonyl (C=O) groups excluding carboxylic acids is 2. The molecule has 2 heterocycles. The van der Waals surface area contributed by atoms with Crippen LogP contribution in [0.15, 0.2) is 78.3 Å². The third-order valence-electron chi connectivity index (χ3n) is 4.52. The highest BCUT2D eigenvalue weighted by Gasteiger charge is 2.34. The Bertz CT molecular complexity index is 1090. The minimum Gasteiger partial charge on any atom is -0.437 e. The quantitative estimate of drug-likeness (QED) is 0.680. The molecule has 0 saturated heterocycles. The van der Waals surface area contributed by atoms with Crippen molar-refractivity contribution < 1.29 is 14.3 Å². The molecule has 1 atom stereocenters. The Morgan fingerprint density at radius 3 is 2.67 bits per heavy atom. The molecule has 150 valence electrons. The van der Waals surface area contributed by atoms with Crippen molar-refractivity contribution in [3.8, 4) is 11.6 Å². The highest BCUT2D eigenvalue weighted by Crippen LogP contribution is 2.26. The van der Waals surface area contributed by atoms with Crippen LogP contribution >= 0.6 is 0 Å². The van der Waals surface area contributed by atoms with Gasteiger partial charge in [0.25, 0.3) is 5.91 Å². The second-order valence-corrected chi connectivity index (χ2v) is 6.69. The fourth-order valence-corrected chi connectivity index (χ4v) is 3.08. The van der Waals surface area contributed by atoms with E-state index in [4.69, 9.17) is 4.74 Å². The van der Waals surface area contributed by atoms with Gasteiger partial charge < -0.3 is 10.1 Å². The number of carbonyl (C=O) groups is 2. The van der Waals surface area contributed by atoms with Gasteiger partial charge in [0.15, 0.2) is 5.78 Å². The molecule has 0 aliphatic carbocycles. The molecule has 1 aliphatic rings. The standard InChI is InChI=1S/C22H19N5O3/c1-15(28)20-13-19(26-27(20)17-7-3-2-4-8-17)22(29)25-16-6-5-9-18(12-16)30-21-14-23-10-11-24-21/h2-12,14,20H,13H2,1H3,(H,25,29). The number of amides is 1. The first kappa shape index (κ1) is 19.3. The van der Waals surface area contributed by atoms with Crippen molar-refractivity contribution in [2.45, 2.75) is 19.4 Å². The molecule has 0 spiro atoms. The second-order valence-electron chi connectivity index (χ2n) is 6.69. The van der Waals surface area contributed by atoms with E-state index in [1.165, 1.54) is 19.3 Å². The number of ketones is 1. The van der Waals surface area contributed by atoms with E-state index in [1.807, 2.05) is 30.3 Å². The number of Topliss-reactive ketones (excluding diaryl/α,β-unsaturated/α-hetero) is 1. The molecule has 1 unspecified atom stereocenters. The van der Waals surface area contributed by atoms with Crippen molar-refractivity contribution in [3.63, 3.8) is 0 Å². The second kappa shape index (κ2) is 8.52. The molecule has 2 aromatic carbocycles. The van der Waals surface area contributed by atoms with Gasteiger partial charge in [-0.1, -0.05) is 24.3 Å². The Morgan fingerprint density at radius 1 is 1.10 bits per heavy atom.